The SMILES string of the molecule is CCCCCCC(C)CCCC(C)CC(CC)C(=O)O. The number of aliphatic carboxylic acids is 1. The molecule has 3 unspecified atom stereocenters. The second kappa shape index (κ2) is 12.2. The maximum absolute atomic E-state index is 11.0. The maximum Gasteiger partial charge on any atom is 0.306 e. The van der Waals surface area contributed by atoms with Crippen molar-refractivity contribution in [1.82, 2.24) is 0 Å². The predicted octanol–water partition coefficient (Wildman–Crippen LogP) is 5.90. The Hall–Kier alpha value is -0.530. The predicted molar refractivity (Wildman–Crippen MR) is 87.0 cm³/mol. The number of hydrogen-bond acceptors (Lipinski definition) is 1. The fraction of sp³-hybridized carbons (Fsp3) is 0.944. The van der Waals surface area contributed by atoms with Gasteiger partial charge in [-0.2, -0.15) is 0 Å². The van der Waals surface area contributed by atoms with Gasteiger partial charge >= 0.3 is 5.97 Å². The van der Waals surface area contributed by atoms with E-state index in [1.807, 2.05) is 6.92 Å². The summed E-state index contributed by atoms with van der Waals surface area (Å²) in [5, 5.41) is 9.08. The summed E-state index contributed by atoms with van der Waals surface area (Å²) >= 11 is 0. The monoisotopic (exact) mass is 284 g/mol. The Bertz CT molecular complexity index is 238. The molecule has 0 heterocycles. The topological polar surface area (TPSA) is 37.3 Å². The average molecular weight is 284 g/mol. The van der Waals surface area contributed by atoms with E-state index in [4.69, 9.17) is 5.11 Å². The lowest BCUT2D eigenvalue weighted by Gasteiger charge is -2.17. The third kappa shape index (κ3) is 10.3. The molecule has 0 aromatic carbocycles. The first-order valence-electron chi connectivity index (χ1n) is 8.73. The zero-order valence-electron chi connectivity index (χ0n) is 14.2. The molecule has 2 heteroatoms. The van der Waals surface area contributed by atoms with Crippen LogP contribution in [0.15, 0.2) is 0 Å². The molecule has 0 saturated carbocycles. The number of carboxylic acid groups (broad SMARTS) is 1. The molecule has 0 bridgehead atoms. The molecule has 0 fully saturated rings. The molecule has 0 aliphatic carbocycles. The van der Waals surface area contributed by atoms with Gasteiger partial charge in [0.15, 0.2) is 0 Å². The molecule has 0 aromatic rings. The third-order valence-corrected chi connectivity index (χ3v) is 4.47. The van der Waals surface area contributed by atoms with Gasteiger partial charge in [0, 0.05) is 0 Å². The highest BCUT2D eigenvalue weighted by Crippen LogP contribution is 2.23. The molecule has 120 valence electrons. The molecule has 0 amide bonds. The Labute approximate surface area is 126 Å². The van der Waals surface area contributed by atoms with Gasteiger partial charge in [-0.05, 0) is 24.7 Å². The van der Waals surface area contributed by atoms with Crippen LogP contribution in [0.3, 0.4) is 0 Å². The van der Waals surface area contributed by atoms with Gasteiger partial charge in [-0.15, -0.1) is 0 Å². The third-order valence-electron chi connectivity index (χ3n) is 4.47. The summed E-state index contributed by atoms with van der Waals surface area (Å²) in [5.41, 5.74) is 0. The zero-order chi connectivity index (χ0) is 15.4. The van der Waals surface area contributed by atoms with Crippen molar-refractivity contribution in [3.8, 4) is 0 Å². The van der Waals surface area contributed by atoms with Crippen molar-refractivity contribution in [2.24, 2.45) is 17.8 Å². The fourth-order valence-electron chi connectivity index (χ4n) is 2.92. The van der Waals surface area contributed by atoms with Crippen molar-refractivity contribution in [3.05, 3.63) is 0 Å². The Balaban J connectivity index is 3.64. The number of carbonyl (C=O) groups is 1. The van der Waals surface area contributed by atoms with Gasteiger partial charge < -0.3 is 5.11 Å². The van der Waals surface area contributed by atoms with Gasteiger partial charge in [0.05, 0.1) is 5.92 Å². The van der Waals surface area contributed by atoms with Crippen LogP contribution in [0.4, 0.5) is 0 Å². The maximum atomic E-state index is 11.0. The van der Waals surface area contributed by atoms with Gasteiger partial charge in [-0.3, -0.25) is 4.79 Å². The van der Waals surface area contributed by atoms with E-state index in [2.05, 4.69) is 20.8 Å². The van der Waals surface area contributed by atoms with Crippen molar-refractivity contribution in [2.45, 2.75) is 91.9 Å². The fourth-order valence-corrected chi connectivity index (χ4v) is 2.92. The molecular weight excluding hydrogens is 248 g/mol. The van der Waals surface area contributed by atoms with Gasteiger partial charge in [-0.1, -0.05) is 79.1 Å². The van der Waals surface area contributed by atoms with E-state index in [1.165, 1.54) is 51.4 Å². The van der Waals surface area contributed by atoms with E-state index in [-0.39, 0.29) is 5.92 Å². The van der Waals surface area contributed by atoms with Crippen LogP contribution in [0.5, 0.6) is 0 Å². The second-order valence-corrected chi connectivity index (χ2v) is 6.67. The minimum absolute atomic E-state index is 0.142. The van der Waals surface area contributed by atoms with Crippen molar-refractivity contribution in [3.63, 3.8) is 0 Å². The van der Waals surface area contributed by atoms with E-state index in [0.717, 1.165) is 18.8 Å². The van der Waals surface area contributed by atoms with E-state index in [9.17, 15) is 4.79 Å². The van der Waals surface area contributed by atoms with E-state index in [0.29, 0.717) is 5.92 Å². The molecule has 3 atom stereocenters. The van der Waals surface area contributed by atoms with Crippen molar-refractivity contribution < 1.29 is 9.90 Å². The summed E-state index contributed by atoms with van der Waals surface area (Å²) in [6.45, 7) is 8.80. The smallest absolute Gasteiger partial charge is 0.306 e. The zero-order valence-corrected chi connectivity index (χ0v) is 14.2. The molecule has 20 heavy (non-hydrogen) atoms. The van der Waals surface area contributed by atoms with E-state index in [1.54, 1.807) is 0 Å². The summed E-state index contributed by atoms with van der Waals surface area (Å²) in [6.07, 6.45) is 12.2. The Morgan fingerprint density at radius 3 is 2.05 bits per heavy atom. The molecule has 0 aliphatic heterocycles. The normalized spacial score (nSPS) is 15.8. The first-order valence-corrected chi connectivity index (χ1v) is 8.73. The number of hydrogen-bond donors (Lipinski definition) is 1. The minimum atomic E-state index is -0.622. The Morgan fingerprint density at radius 2 is 1.50 bits per heavy atom. The summed E-state index contributed by atoms with van der Waals surface area (Å²) in [7, 11) is 0. The summed E-state index contributed by atoms with van der Waals surface area (Å²) < 4.78 is 0. The second-order valence-electron chi connectivity index (χ2n) is 6.67. The lowest BCUT2D eigenvalue weighted by atomic mass is 9.88. The van der Waals surface area contributed by atoms with Crippen LogP contribution in [0, 0.1) is 17.8 Å². The minimum Gasteiger partial charge on any atom is -0.481 e. The molecular formula is C18H36O2. The molecule has 1 N–H and O–H groups in total. The van der Waals surface area contributed by atoms with Crippen LogP contribution in [0.2, 0.25) is 0 Å². The number of carboxylic acids is 1. The van der Waals surface area contributed by atoms with Gasteiger partial charge in [-0.25, -0.2) is 0 Å². The lowest BCUT2D eigenvalue weighted by Crippen LogP contribution is -2.16. The van der Waals surface area contributed by atoms with Crippen molar-refractivity contribution in [1.29, 1.82) is 0 Å². The molecule has 0 spiro atoms. The molecule has 0 aromatic heterocycles. The summed E-state index contributed by atoms with van der Waals surface area (Å²) in [6, 6.07) is 0. The molecule has 0 radical (unpaired) electrons. The highest BCUT2D eigenvalue weighted by Gasteiger charge is 2.18. The van der Waals surface area contributed by atoms with Crippen LogP contribution >= 0.6 is 0 Å². The van der Waals surface area contributed by atoms with Crippen molar-refractivity contribution in [2.75, 3.05) is 0 Å². The standard InChI is InChI=1S/C18H36O2/c1-5-7-8-9-11-15(3)12-10-13-16(4)14-17(6-2)18(19)20/h15-17H,5-14H2,1-4H3,(H,19,20). The van der Waals surface area contributed by atoms with Crippen LogP contribution < -0.4 is 0 Å². The van der Waals surface area contributed by atoms with Gasteiger partial charge in [0.2, 0.25) is 0 Å². The average Bonchev–Trinajstić information content (AvgIpc) is 2.40. The number of unbranched alkanes of at least 4 members (excludes halogenated alkanes) is 3. The first-order chi connectivity index (χ1) is 9.51. The Kier molecular flexibility index (Phi) is 11.9. The van der Waals surface area contributed by atoms with E-state index >= 15 is 0 Å². The first kappa shape index (κ1) is 19.5. The molecule has 0 aliphatic rings. The summed E-state index contributed by atoms with van der Waals surface area (Å²) in [5.74, 6) is 0.615. The molecule has 0 saturated heterocycles. The van der Waals surface area contributed by atoms with Gasteiger partial charge in [0.1, 0.15) is 0 Å². The van der Waals surface area contributed by atoms with Gasteiger partial charge in [0.25, 0.3) is 0 Å². The summed E-state index contributed by atoms with van der Waals surface area (Å²) in [4.78, 5) is 11.0. The lowest BCUT2D eigenvalue weighted by molar-refractivity contribution is -0.142. The van der Waals surface area contributed by atoms with Crippen LogP contribution in [-0.2, 0) is 4.79 Å². The van der Waals surface area contributed by atoms with E-state index < -0.39 is 5.97 Å². The highest BCUT2D eigenvalue weighted by molar-refractivity contribution is 5.69. The molecule has 2 nitrogen and oxygen atoms in total. The quantitative estimate of drug-likeness (QED) is 0.427. The van der Waals surface area contributed by atoms with Crippen LogP contribution in [0.25, 0.3) is 0 Å². The highest BCUT2D eigenvalue weighted by atomic mass is 16.4. The van der Waals surface area contributed by atoms with Crippen LogP contribution in [-0.4, -0.2) is 11.1 Å². The Morgan fingerprint density at radius 1 is 0.900 bits per heavy atom. The van der Waals surface area contributed by atoms with Crippen LogP contribution in [0.1, 0.15) is 91.9 Å². The number of rotatable bonds is 13. The van der Waals surface area contributed by atoms with Crippen molar-refractivity contribution >= 4 is 5.97 Å². The molecule has 0 rings (SSSR count). The largest absolute Gasteiger partial charge is 0.481 e.